The molecular formula is C18H25Cl2N7O. The average Bonchev–Trinajstić information content (AvgIpc) is 3.32. The molecule has 4 heterocycles. The zero-order chi connectivity index (χ0) is 17.8. The molecule has 0 aromatic carbocycles. The smallest absolute Gasteiger partial charge is 0.162 e. The van der Waals surface area contributed by atoms with E-state index in [-0.39, 0.29) is 30.9 Å². The third-order valence-electron chi connectivity index (χ3n) is 4.56. The molecule has 1 unspecified atom stereocenters. The molecule has 152 valence electrons. The van der Waals surface area contributed by atoms with Crippen LogP contribution < -0.4 is 10.1 Å². The first-order valence-electron chi connectivity index (χ1n) is 9.00. The van der Waals surface area contributed by atoms with Crippen LogP contribution in [0.1, 0.15) is 25.8 Å². The molecule has 1 atom stereocenters. The van der Waals surface area contributed by atoms with Crippen molar-refractivity contribution in [2.45, 2.75) is 38.5 Å². The van der Waals surface area contributed by atoms with Gasteiger partial charge < -0.3 is 14.6 Å². The molecule has 1 N–H and O–H groups in total. The zero-order valence-corrected chi connectivity index (χ0v) is 17.3. The van der Waals surface area contributed by atoms with Gasteiger partial charge in [0.05, 0.1) is 25.0 Å². The number of aromatic nitrogens is 6. The van der Waals surface area contributed by atoms with Crippen LogP contribution in [0.2, 0.25) is 0 Å². The fourth-order valence-electron chi connectivity index (χ4n) is 3.28. The van der Waals surface area contributed by atoms with E-state index in [9.17, 15) is 0 Å². The molecule has 28 heavy (non-hydrogen) atoms. The average molecular weight is 426 g/mol. The number of rotatable bonds is 6. The number of hydrogen-bond acceptors (Lipinski definition) is 6. The van der Waals surface area contributed by atoms with Gasteiger partial charge in [-0.3, -0.25) is 4.98 Å². The predicted molar refractivity (Wildman–Crippen MR) is 111 cm³/mol. The molecule has 1 aliphatic rings. The van der Waals surface area contributed by atoms with Crippen molar-refractivity contribution in [3.63, 3.8) is 0 Å². The van der Waals surface area contributed by atoms with Gasteiger partial charge in [-0.05, 0) is 45.0 Å². The molecule has 0 saturated carbocycles. The Hall–Kier alpha value is -2.16. The Morgan fingerprint density at radius 3 is 2.82 bits per heavy atom. The topological polar surface area (TPSA) is 82.7 Å². The summed E-state index contributed by atoms with van der Waals surface area (Å²) >= 11 is 0. The van der Waals surface area contributed by atoms with Gasteiger partial charge in [-0.15, -0.1) is 29.9 Å². The highest BCUT2D eigenvalue weighted by Gasteiger charge is 2.19. The fraction of sp³-hybridized carbons (Fsp3) is 0.444. The van der Waals surface area contributed by atoms with E-state index in [0.717, 1.165) is 43.2 Å². The molecular weight excluding hydrogens is 401 g/mol. The molecule has 0 spiro atoms. The Morgan fingerprint density at radius 2 is 2.07 bits per heavy atom. The summed E-state index contributed by atoms with van der Waals surface area (Å²) in [5.41, 5.74) is 0.794. The molecule has 10 heteroatoms. The van der Waals surface area contributed by atoms with Gasteiger partial charge in [0.2, 0.25) is 0 Å². The maximum absolute atomic E-state index is 5.92. The Kier molecular flexibility index (Phi) is 8.22. The van der Waals surface area contributed by atoms with Crippen molar-refractivity contribution in [2.75, 3.05) is 13.1 Å². The van der Waals surface area contributed by atoms with Crippen LogP contribution in [0, 0.1) is 0 Å². The lowest BCUT2D eigenvalue weighted by atomic mass is 10.1. The van der Waals surface area contributed by atoms with E-state index in [4.69, 9.17) is 4.74 Å². The molecule has 3 aromatic heterocycles. The number of hydrogen-bond donors (Lipinski definition) is 1. The summed E-state index contributed by atoms with van der Waals surface area (Å²) < 4.78 is 9.95. The number of halogens is 2. The molecule has 4 rings (SSSR count). The monoisotopic (exact) mass is 425 g/mol. The highest BCUT2D eigenvalue weighted by Crippen LogP contribution is 2.21. The van der Waals surface area contributed by atoms with Gasteiger partial charge >= 0.3 is 0 Å². The van der Waals surface area contributed by atoms with Gasteiger partial charge in [-0.1, -0.05) is 5.21 Å². The molecule has 0 amide bonds. The van der Waals surface area contributed by atoms with Crippen molar-refractivity contribution in [1.82, 2.24) is 34.8 Å². The number of pyridine rings is 1. The molecule has 0 aliphatic carbocycles. The second kappa shape index (κ2) is 10.4. The van der Waals surface area contributed by atoms with E-state index < -0.39 is 0 Å². The van der Waals surface area contributed by atoms with Gasteiger partial charge in [0.1, 0.15) is 17.5 Å². The first-order chi connectivity index (χ1) is 12.8. The summed E-state index contributed by atoms with van der Waals surface area (Å²) in [6.45, 7) is 4.75. The van der Waals surface area contributed by atoms with Crippen LogP contribution in [-0.2, 0) is 6.54 Å². The van der Waals surface area contributed by atoms with E-state index in [0.29, 0.717) is 12.6 Å². The summed E-state index contributed by atoms with van der Waals surface area (Å²) in [7, 11) is 0. The lowest BCUT2D eigenvalue weighted by Gasteiger charge is -2.22. The van der Waals surface area contributed by atoms with Gasteiger partial charge in [-0.25, -0.2) is 9.67 Å². The number of ether oxygens (including phenoxy) is 1. The summed E-state index contributed by atoms with van der Waals surface area (Å²) in [5, 5.41) is 12.0. The lowest BCUT2D eigenvalue weighted by Crippen LogP contribution is -2.29. The highest BCUT2D eigenvalue weighted by molar-refractivity contribution is 5.85. The molecule has 8 nitrogen and oxygen atoms in total. The van der Waals surface area contributed by atoms with Crippen LogP contribution >= 0.6 is 24.8 Å². The molecule has 0 radical (unpaired) electrons. The molecule has 1 aliphatic heterocycles. The van der Waals surface area contributed by atoms with Gasteiger partial charge in [0.15, 0.2) is 5.82 Å². The van der Waals surface area contributed by atoms with Crippen LogP contribution in [0.3, 0.4) is 0 Å². The number of imidazole rings is 1. The Labute approximate surface area is 176 Å². The zero-order valence-electron chi connectivity index (χ0n) is 15.6. The van der Waals surface area contributed by atoms with Gasteiger partial charge in [-0.2, -0.15) is 0 Å². The van der Waals surface area contributed by atoms with Crippen LogP contribution in [-0.4, -0.2) is 48.7 Å². The molecule has 1 saturated heterocycles. The van der Waals surface area contributed by atoms with E-state index in [1.54, 1.807) is 18.6 Å². The highest BCUT2D eigenvalue weighted by atomic mass is 35.5. The standard InChI is InChI=1S/C18H23N7O.2ClH/c1-14(26-16-3-2-6-20-11-16)12-24-10-9-21-18(24)17-13-25(23-22-17)15-4-7-19-8-5-15;;/h2-3,6,9-11,13-15,19H,4-5,7-8,12H2,1H3;2*1H. The van der Waals surface area contributed by atoms with Crippen molar-refractivity contribution in [3.8, 4) is 17.3 Å². The van der Waals surface area contributed by atoms with Gasteiger partial charge in [0.25, 0.3) is 0 Å². The molecule has 3 aromatic rings. The Balaban J connectivity index is 0.00000140. The van der Waals surface area contributed by atoms with Crippen LogP contribution in [0.5, 0.6) is 5.75 Å². The lowest BCUT2D eigenvalue weighted by molar-refractivity contribution is 0.199. The quantitative estimate of drug-likeness (QED) is 0.653. The van der Waals surface area contributed by atoms with Crippen LogP contribution in [0.15, 0.2) is 43.1 Å². The third kappa shape index (κ3) is 5.21. The molecule has 0 bridgehead atoms. The number of piperidine rings is 1. The minimum absolute atomic E-state index is 0. The minimum Gasteiger partial charge on any atom is -0.487 e. The summed E-state index contributed by atoms with van der Waals surface area (Å²) in [6, 6.07) is 4.18. The van der Waals surface area contributed by atoms with Crippen molar-refractivity contribution < 1.29 is 4.74 Å². The summed E-state index contributed by atoms with van der Waals surface area (Å²) in [4.78, 5) is 8.55. The minimum atomic E-state index is -0.0217. The van der Waals surface area contributed by atoms with Crippen LogP contribution in [0.25, 0.3) is 11.5 Å². The first-order valence-corrected chi connectivity index (χ1v) is 9.00. The van der Waals surface area contributed by atoms with Crippen molar-refractivity contribution in [1.29, 1.82) is 0 Å². The normalized spacial score (nSPS) is 15.3. The largest absolute Gasteiger partial charge is 0.487 e. The van der Waals surface area contributed by atoms with E-state index >= 15 is 0 Å². The summed E-state index contributed by atoms with van der Waals surface area (Å²) in [6.07, 6.45) is 11.3. The first kappa shape index (κ1) is 22.1. The maximum atomic E-state index is 5.92. The van der Waals surface area contributed by atoms with Crippen molar-refractivity contribution in [3.05, 3.63) is 43.1 Å². The van der Waals surface area contributed by atoms with E-state index in [1.165, 1.54) is 0 Å². The van der Waals surface area contributed by atoms with Crippen LogP contribution in [0.4, 0.5) is 0 Å². The fourth-order valence-corrected chi connectivity index (χ4v) is 3.28. The van der Waals surface area contributed by atoms with E-state index in [2.05, 4.69) is 30.2 Å². The van der Waals surface area contributed by atoms with E-state index in [1.807, 2.05) is 36.1 Å². The second-order valence-corrected chi connectivity index (χ2v) is 6.59. The SMILES string of the molecule is CC(Cn1ccnc1-c1cn(C2CCNCC2)nn1)Oc1cccnc1.Cl.Cl. The maximum Gasteiger partial charge on any atom is 0.162 e. The number of nitrogens with one attached hydrogen (secondary N) is 1. The predicted octanol–water partition coefficient (Wildman–Crippen LogP) is 2.77. The number of nitrogens with zero attached hydrogens (tertiary/aromatic N) is 6. The third-order valence-corrected chi connectivity index (χ3v) is 4.56. The Morgan fingerprint density at radius 1 is 1.25 bits per heavy atom. The Bertz CT molecular complexity index is 833. The van der Waals surface area contributed by atoms with Gasteiger partial charge in [0, 0.05) is 18.6 Å². The van der Waals surface area contributed by atoms with Crippen molar-refractivity contribution in [2.24, 2.45) is 0 Å². The van der Waals surface area contributed by atoms with Crippen molar-refractivity contribution >= 4 is 24.8 Å². The second-order valence-electron chi connectivity index (χ2n) is 6.59. The summed E-state index contributed by atoms with van der Waals surface area (Å²) in [5.74, 6) is 1.57. The molecule has 1 fully saturated rings.